The van der Waals surface area contributed by atoms with Crippen molar-refractivity contribution in [1.82, 2.24) is 4.98 Å². The highest BCUT2D eigenvalue weighted by molar-refractivity contribution is 9.10. The normalized spacial score (nSPS) is 15.8. The summed E-state index contributed by atoms with van der Waals surface area (Å²) >= 11 is 3.44. The molecule has 0 atom stereocenters. The van der Waals surface area contributed by atoms with Gasteiger partial charge in [-0.25, -0.2) is 0 Å². The highest BCUT2D eigenvalue weighted by Gasteiger charge is 2.25. The third kappa shape index (κ3) is 1.97. The Labute approximate surface area is 108 Å². The molecule has 4 heteroatoms. The Hall–Kier alpha value is -1.29. The zero-order valence-corrected chi connectivity index (χ0v) is 10.9. The van der Waals surface area contributed by atoms with E-state index < -0.39 is 0 Å². The number of anilines is 1. The number of aromatic nitrogens is 1. The van der Waals surface area contributed by atoms with E-state index in [1.54, 1.807) is 0 Å². The van der Waals surface area contributed by atoms with Gasteiger partial charge in [-0.1, -0.05) is 22.4 Å². The number of H-pyrrole nitrogens is 1. The summed E-state index contributed by atoms with van der Waals surface area (Å²) in [6.07, 6.45) is 5.08. The number of nitrogens with one attached hydrogen (secondary N) is 2. The molecule has 1 heterocycles. The first-order valence-electron chi connectivity index (χ1n) is 5.81. The Morgan fingerprint density at radius 2 is 2.24 bits per heavy atom. The molecule has 17 heavy (non-hydrogen) atoms. The fourth-order valence-electron chi connectivity index (χ4n) is 2.10. The summed E-state index contributed by atoms with van der Waals surface area (Å²) in [5.41, 5.74) is 1.91. The summed E-state index contributed by atoms with van der Waals surface area (Å²) in [5.74, 6) is 0.365. The first kappa shape index (κ1) is 10.8. The van der Waals surface area contributed by atoms with Gasteiger partial charge < -0.3 is 10.3 Å². The summed E-state index contributed by atoms with van der Waals surface area (Å²) in [7, 11) is 0. The molecule has 0 saturated heterocycles. The Morgan fingerprint density at radius 1 is 1.41 bits per heavy atom. The monoisotopic (exact) mass is 292 g/mol. The maximum Gasteiger partial charge on any atom is 0.227 e. The number of halogens is 1. The number of rotatable bonds is 2. The van der Waals surface area contributed by atoms with E-state index >= 15 is 0 Å². The zero-order chi connectivity index (χ0) is 11.8. The quantitative estimate of drug-likeness (QED) is 0.872. The maximum atomic E-state index is 11.9. The van der Waals surface area contributed by atoms with E-state index in [1.807, 2.05) is 24.4 Å². The number of aromatic amines is 1. The number of benzene rings is 1. The lowest BCUT2D eigenvalue weighted by molar-refractivity contribution is -0.122. The van der Waals surface area contributed by atoms with Gasteiger partial charge in [0.05, 0.1) is 5.69 Å². The van der Waals surface area contributed by atoms with Gasteiger partial charge in [-0.3, -0.25) is 4.79 Å². The molecule has 1 aliphatic rings. The van der Waals surface area contributed by atoms with Crippen LogP contribution in [0.4, 0.5) is 5.69 Å². The summed E-state index contributed by atoms with van der Waals surface area (Å²) < 4.78 is 1.02. The van der Waals surface area contributed by atoms with E-state index in [9.17, 15) is 4.79 Å². The van der Waals surface area contributed by atoms with E-state index in [-0.39, 0.29) is 11.8 Å². The molecule has 3 nitrogen and oxygen atoms in total. The second-order valence-corrected chi connectivity index (χ2v) is 5.43. The topological polar surface area (TPSA) is 44.9 Å². The van der Waals surface area contributed by atoms with Crippen LogP contribution >= 0.6 is 15.9 Å². The number of amides is 1. The fraction of sp³-hybridized carbons (Fsp3) is 0.308. The van der Waals surface area contributed by atoms with Gasteiger partial charge in [0.2, 0.25) is 5.91 Å². The molecule has 0 radical (unpaired) electrons. The van der Waals surface area contributed by atoms with Crippen LogP contribution in [0.3, 0.4) is 0 Å². The summed E-state index contributed by atoms with van der Waals surface area (Å²) in [6, 6.07) is 6.00. The number of hydrogen-bond acceptors (Lipinski definition) is 1. The van der Waals surface area contributed by atoms with Crippen LogP contribution in [0.1, 0.15) is 19.3 Å². The van der Waals surface area contributed by atoms with Crippen molar-refractivity contribution < 1.29 is 4.79 Å². The zero-order valence-electron chi connectivity index (χ0n) is 9.29. The molecule has 3 rings (SSSR count). The van der Waals surface area contributed by atoms with Gasteiger partial charge in [0.15, 0.2) is 0 Å². The van der Waals surface area contributed by atoms with Crippen LogP contribution in [0.25, 0.3) is 10.9 Å². The van der Waals surface area contributed by atoms with Crippen molar-refractivity contribution >= 4 is 38.4 Å². The smallest absolute Gasteiger partial charge is 0.227 e. The van der Waals surface area contributed by atoms with Gasteiger partial charge in [-0.05, 0) is 31.0 Å². The molecule has 1 amide bonds. The second kappa shape index (κ2) is 4.18. The fourth-order valence-corrected chi connectivity index (χ4v) is 2.46. The molecule has 1 aliphatic carbocycles. The third-order valence-electron chi connectivity index (χ3n) is 3.38. The first-order valence-corrected chi connectivity index (χ1v) is 6.61. The number of carbonyl (C=O) groups excluding carboxylic acids is 1. The Bertz CT molecular complexity index is 572. The van der Waals surface area contributed by atoms with Gasteiger partial charge in [0.1, 0.15) is 0 Å². The predicted molar refractivity (Wildman–Crippen MR) is 72.0 cm³/mol. The average molecular weight is 293 g/mol. The second-order valence-electron chi connectivity index (χ2n) is 4.51. The number of hydrogen-bond donors (Lipinski definition) is 2. The molecule has 0 aliphatic heterocycles. The maximum absolute atomic E-state index is 11.9. The molecule has 88 valence electrons. The predicted octanol–water partition coefficient (Wildman–Crippen LogP) is 3.67. The van der Waals surface area contributed by atoms with Crippen molar-refractivity contribution in [3.63, 3.8) is 0 Å². The van der Waals surface area contributed by atoms with Crippen molar-refractivity contribution in [1.29, 1.82) is 0 Å². The van der Waals surface area contributed by atoms with Crippen molar-refractivity contribution in [2.24, 2.45) is 5.92 Å². The van der Waals surface area contributed by atoms with Gasteiger partial charge in [0.25, 0.3) is 0 Å². The van der Waals surface area contributed by atoms with Crippen LogP contribution in [0.15, 0.2) is 28.9 Å². The molecule has 0 unspecified atom stereocenters. The molecule has 0 spiro atoms. The minimum absolute atomic E-state index is 0.150. The van der Waals surface area contributed by atoms with Crippen LogP contribution < -0.4 is 5.32 Å². The molecule has 1 fully saturated rings. The largest absolute Gasteiger partial charge is 0.359 e. The summed E-state index contributed by atoms with van der Waals surface area (Å²) in [5, 5.41) is 4.05. The van der Waals surface area contributed by atoms with E-state index in [4.69, 9.17) is 0 Å². The van der Waals surface area contributed by atoms with Crippen LogP contribution in [-0.2, 0) is 4.79 Å². The lowest BCUT2D eigenvalue weighted by Crippen LogP contribution is -2.27. The molecular formula is C13H13BrN2O. The molecule has 1 aromatic heterocycles. The molecule has 1 aromatic carbocycles. The van der Waals surface area contributed by atoms with Gasteiger partial charge in [-0.15, -0.1) is 0 Å². The van der Waals surface area contributed by atoms with Crippen molar-refractivity contribution in [2.75, 3.05) is 5.32 Å². The van der Waals surface area contributed by atoms with E-state index in [2.05, 4.69) is 26.2 Å². The van der Waals surface area contributed by atoms with Crippen LogP contribution in [-0.4, -0.2) is 10.9 Å². The van der Waals surface area contributed by atoms with E-state index in [0.29, 0.717) is 0 Å². The average Bonchev–Trinajstić information content (AvgIpc) is 2.58. The summed E-state index contributed by atoms with van der Waals surface area (Å²) in [4.78, 5) is 15.0. The van der Waals surface area contributed by atoms with Gasteiger partial charge >= 0.3 is 0 Å². The van der Waals surface area contributed by atoms with Crippen LogP contribution in [0.2, 0.25) is 0 Å². The van der Waals surface area contributed by atoms with Crippen molar-refractivity contribution in [3.05, 3.63) is 28.9 Å². The molecule has 2 aromatic rings. The third-order valence-corrected chi connectivity index (χ3v) is 3.87. The Morgan fingerprint density at radius 3 is 2.94 bits per heavy atom. The molecule has 0 bridgehead atoms. The van der Waals surface area contributed by atoms with Gasteiger partial charge in [0, 0.05) is 27.5 Å². The van der Waals surface area contributed by atoms with Crippen LogP contribution in [0.5, 0.6) is 0 Å². The Balaban J connectivity index is 1.89. The molecular weight excluding hydrogens is 280 g/mol. The Kier molecular flexibility index (Phi) is 2.67. The van der Waals surface area contributed by atoms with E-state index in [0.717, 1.165) is 33.9 Å². The minimum Gasteiger partial charge on any atom is -0.359 e. The number of fused-ring (bicyclic) bond motifs is 1. The van der Waals surface area contributed by atoms with Gasteiger partial charge in [-0.2, -0.15) is 0 Å². The SMILES string of the molecule is O=C(Nc1c[nH]c2ccc(Br)cc12)C1CCC1. The van der Waals surface area contributed by atoms with Crippen molar-refractivity contribution in [2.45, 2.75) is 19.3 Å². The lowest BCUT2D eigenvalue weighted by atomic mass is 9.85. The molecule has 1 saturated carbocycles. The highest BCUT2D eigenvalue weighted by atomic mass is 79.9. The molecule has 2 N–H and O–H groups in total. The number of carbonyl (C=O) groups is 1. The standard InChI is InChI=1S/C13H13BrN2O/c14-9-4-5-11-10(6-9)12(7-15-11)16-13(17)8-2-1-3-8/h4-8,15H,1-3H2,(H,16,17). The van der Waals surface area contributed by atoms with Crippen LogP contribution in [0, 0.1) is 5.92 Å². The first-order chi connectivity index (χ1) is 8.24. The highest BCUT2D eigenvalue weighted by Crippen LogP contribution is 2.30. The minimum atomic E-state index is 0.150. The van der Waals surface area contributed by atoms with E-state index in [1.165, 1.54) is 6.42 Å². The lowest BCUT2D eigenvalue weighted by Gasteiger charge is -2.23. The summed E-state index contributed by atoms with van der Waals surface area (Å²) in [6.45, 7) is 0. The van der Waals surface area contributed by atoms with Crippen molar-refractivity contribution in [3.8, 4) is 0 Å².